The van der Waals surface area contributed by atoms with Crippen LogP contribution < -0.4 is 15.0 Å². The number of rotatable bonds is 5. The lowest BCUT2D eigenvalue weighted by atomic mass is 9.93. The summed E-state index contributed by atoms with van der Waals surface area (Å²) in [5.41, 5.74) is 2.68. The first-order chi connectivity index (χ1) is 14.8. The Labute approximate surface area is 181 Å². The van der Waals surface area contributed by atoms with E-state index in [-0.39, 0.29) is 18.4 Å². The number of carbonyl (C=O) groups excluding carboxylic acids is 2. The van der Waals surface area contributed by atoms with E-state index in [1.165, 1.54) is 4.90 Å². The second kappa shape index (κ2) is 7.91. The van der Waals surface area contributed by atoms with E-state index < -0.39 is 5.54 Å². The number of hydrogen-bond donors (Lipinski definition) is 1. The molecule has 4 rings (SSSR count). The van der Waals surface area contributed by atoms with Crippen LogP contribution in [0.3, 0.4) is 0 Å². The van der Waals surface area contributed by atoms with Crippen molar-refractivity contribution in [3.63, 3.8) is 0 Å². The zero-order valence-electron chi connectivity index (χ0n) is 18.2. The quantitative estimate of drug-likeness (QED) is 0.690. The third kappa shape index (κ3) is 3.67. The molecule has 0 saturated carbocycles. The molecule has 31 heavy (non-hydrogen) atoms. The number of fused-ring (bicyclic) bond motifs is 1. The van der Waals surface area contributed by atoms with Crippen molar-refractivity contribution in [2.75, 3.05) is 12.0 Å². The van der Waals surface area contributed by atoms with E-state index in [4.69, 9.17) is 4.74 Å². The fourth-order valence-corrected chi connectivity index (χ4v) is 3.98. The summed E-state index contributed by atoms with van der Waals surface area (Å²) in [6, 6.07) is 17.0. The molecule has 0 fully saturated rings. The Balaban J connectivity index is 1.73. The molecule has 1 unspecified atom stereocenters. The predicted octanol–water partition coefficient (Wildman–Crippen LogP) is 3.24. The minimum atomic E-state index is -1.19. The van der Waals surface area contributed by atoms with Gasteiger partial charge in [-0.3, -0.25) is 19.2 Å². The number of hydrogen-bond acceptors (Lipinski definition) is 4. The van der Waals surface area contributed by atoms with Crippen LogP contribution in [0.4, 0.5) is 5.69 Å². The third-order valence-corrected chi connectivity index (χ3v) is 5.66. The van der Waals surface area contributed by atoms with Gasteiger partial charge in [-0.1, -0.05) is 42.0 Å². The highest BCUT2D eigenvalue weighted by Gasteiger charge is 2.49. The van der Waals surface area contributed by atoms with E-state index in [2.05, 4.69) is 10.4 Å². The number of para-hydroxylation sites is 2. The van der Waals surface area contributed by atoms with Crippen LogP contribution in [0.5, 0.6) is 5.75 Å². The van der Waals surface area contributed by atoms with Gasteiger partial charge in [0.25, 0.3) is 5.91 Å². The van der Waals surface area contributed by atoms with Crippen LogP contribution in [0.15, 0.2) is 54.6 Å². The molecule has 1 N–H and O–H groups in total. The van der Waals surface area contributed by atoms with Crippen molar-refractivity contribution in [2.45, 2.75) is 39.4 Å². The minimum Gasteiger partial charge on any atom is -0.495 e. The molecule has 0 spiro atoms. The van der Waals surface area contributed by atoms with Gasteiger partial charge in [-0.25, -0.2) is 0 Å². The maximum absolute atomic E-state index is 13.6. The standard InChI is InChI=1S/C24H26N4O3/c1-16-9-11-18(12-10-16)14-25-23(30)24(3)15-27-20(13-17(2)26-27)22(29)28(24)19-7-5-6-8-21(19)31-4/h5-13H,14-15H2,1-4H3,(H,25,30). The molecule has 0 saturated heterocycles. The lowest BCUT2D eigenvalue weighted by Crippen LogP contribution is -2.64. The molecule has 2 aromatic carbocycles. The smallest absolute Gasteiger partial charge is 0.277 e. The lowest BCUT2D eigenvalue weighted by Gasteiger charge is -2.43. The van der Waals surface area contributed by atoms with Crippen LogP contribution in [-0.2, 0) is 17.9 Å². The topological polar surface area (TPSA) is 76.5 Å². The molecule has 2 amide bonds. The zero-order valence-corrected chi connectivity index (χ0v) is 18.2. The SMILES string of the molecule is COc1ccccc1N1C(=O)c2cc(C)nn2CC1(C)C(=O)NCc1ccc(C)cc1. The Kier molecular flexibility index (Phi) is 5.27. The Morgan fingerprint density at radius 3 is 2.58 bits per heavy atom. The minimum absolute atomic E-state index is 0.236. The fraction of sp³-hybridized carbons (Fsp3) is 0.292. The number of benzene rings is 2. The van der Waals surface area contributed by atoms with Crippen molar-refractivity contribution in [1.29, 1.82) is 0 Å². The number of amides is 2. The molecule has 0 aliphatic carbocycles. The molecule has 3 aromatic rings. The summed E-state index contributed by atoms with van der Waals surface area (Å²) >= 11 is 0. The maximum atomic E-state index is 13.6. The molecule has 1 aliphatic rings. The van der Waals surface area contributed by atoms with Crippen molar-refractivity contribution < 1.29 is 14.3 Å². The number of nitrogens with one attached hydrogen (secondary N) is 1. The van der Waals surface area contributed by atoms with Gasteiger partial charge in [0, 0.05) is 6.54 Å². The molecular formula is C24H26N4O3. The van der Waals surface area contributed by atoms with Crippen molar-refractivity contribution in [3.8, 4) is 5.75 Å². The molecule has 1 aromatic heterocycles. The second-order valence-corrected chi connectivity index (χ2v) is 8.08. The van der Waals surface area contributed by atoms with E-state index in [1.807, 2.05) is 50.2 Å². The molecule has 160 valence electrons. The van der Waals surface area contributed by atoms with E-state index in [9.17, 15) is 9.59 Å². The Bertz CT molecular complexity index is 1140. The summed E-state index contributed by atoms with van der Waals surface area (Å²) in [5, 5.41) is 7.45. The third-order valence-electron chi connectivity index (χ3n) is 5.66. The Morgan fingerprint density at radius 1 is 1.16 bits per heavy atom. The van der Waals surface area contributed by atoms with E-state index in [1.54, 1.807) is 36.9 Å². The second-order valence-electron chi connectivity index (χ2n) is 8.08. The lowest BCUT2D eigenvalue weighted by molar-refractivity contribution is -0.126. The van der Waals surface area contributed by atoms with Crippen LogP contribution in [0.1, 0.15) is 34.2 Å². The van der Waals surface area contributed by atoms with Crippen molar-refractivity contribution in [1.82, 2.24) is 15.1 Å². The first-order valence-corrected chi connectivity index (χ1v) is 10.2. The van der Waals surface area contributed by atoms with Gasteiger partial charge in [0.15, 0.2) is 0 Å². The summed E-state index contributed by atoms with van der Waals surface area (Å²) in [6.45, 7) is 6.22. The average molecular weight is 418 g/mol. The highest BCUT2D eigenvalue weighted by molar-refractivity contribution is 6.12. The van der Waals surface area contributed by atoms with Crippen LogP contribution >= 0.6 is 0 Å². The average Bonchev–Trinajstić information content (AvgIpc) is 3.13. The largest absolute Gasteiger partial charge is 0.495 e. The summed E-state index contributed by atoms with van der Waals surface area (Å²) in [4.78, 5) is 28.6. The molecule has 1 atom stereocenters. The normalized spacial score (nSPS) is 17.9. The molecule has 2 heterocycles. The van der Waals surface area contributed by atoms with E-state index >= 15 is 0 Å². The van der Waals surface area contributed by atoms with E-state index in [0.29, 0.717) is 23.7 Å². The van der Waals surface area contributed by atoms with Gasteiger partial charge in [0.2, 0.25) is 5.91 Å². The molecule has 0 bridgehead atoms. The Morgan fingerprint density at radius 2 is 1.87 bits per heavy atom. The summed E-state index contributed by atoms with van der Waals surface area (Å²) < 4.78 is 7.13. The van der Waals surface area contributed by atoms with Crippen LogP contribution in [0, 0.1) is 13.8 Å². The number of ether oxygens (including phenoxy) is 1. The first-order valence-electron chi connectivity index (χ1n) is 10.2. The molecular weight excluding hydrogens is 392 g/mol. The Hall–Kier alpha value is -3.61. The number of carbonyl (C=O) groups is 2. The van der Waals surface area contributed by atoms with Crippen molar-refractivity contribution in [3.05, 3.63) is 77.1 Å². The highest BCUT2D eigenvalue weighted by atomic mass is 16.5. The number of aryl methyl sites for hydroxylation is 2. The first kappa shape index (κ1) is 20.7. The summed E-state index contributed by atoms with van der Waals surface area (Å²) in [7, 11) is 1.55. The fourth-order valence-electron chi connectivity index (χ4n) is 3.98. The van der Waals surface area contributed by atoms with Crippen molar-refractivity contribution >= 4 is 17.5 Å². The highest BCUT2D eigenvalue weighted by Crippen LogP contribution is 2.38. The summed E-state index contributed by atoms with van der Waals surface area (Å²) in [6.07, 6.45) is 0. The summed E-state index contributed by atoms with van der Waals surface area (Å²) in [5.74, 6) is -0.0198. The molecule has 1 aliphatic heterocycles. The van der Waals surface area contributed by atoms with Crippen LogP contribution in [-0.4, -0.2) is 34.2 Å². The molecule has 0 radical (unpaired) electrons. The monoisotopic (exact) mass is 418 g/mol. The van der Waals surface area contributed by atoms with E-state index in [0.717, 1.165) is 16.8 Å². The maximum Gasteiger partial charge on any atom is 0.277 e. The molecule has 7 heteroatoms. The van der Waals surface area contributed by atoms with Gasteiger partial charge in [-0.05, 0) is 44.5 Å². The van der Waals surface area contributed by atoms with Gasteiger partial charge >= 0.3 is 0 Å². The number of anilines is 1. The number of nitrogens with zero attached hydrogens (tertiary/aromatic N) is 3. The van der Waals surface area contributed by atoms with Gasteiger partial charge in [0.1, 0.15) is 17.0 Å². The number of methoxy groups -OCH3 is 1. The van der Waals surface area contributed by atoms with Gasteiger partial charge < -0.3 is 10.1 Å². The zero-order chi connectivity index (χ0) is 22.2. The predicted molar refractivity (Wildman–Crippen MR) is 118 cm³/mol. The van der Waals surface area contributed by atoms with Gasteiger partial charge in [-0.15, -0.1) is 0 Å². The van der Waals surface area contributed by atoms with Crippen LogP contribution in [0.2, 0.25) is 0 Å². The van der Waals surface area contributed by atoms with Gasteiger partial charge in [0.05, 0.1) is 25.0 Å². The van der Waals surface area contributed by atoms with Crippen molar-refractivity contribution in [2.24, 2.45) is 0 Å². The van der Waals surface area contributed by atoms with Crippen LogP contribution in [0.25, 0.3) is 0 Å². The number of aromatic nitrogens is 2. The van der Waals surface area contributed by atoms with Gasteiger partial charge in [-0.2, -0.15) is 5.10 Å². The molecule has 7 nitrogen and oxygen atoms in total.